The third-order valence-corrected chi connectivity index (χ3v) is 7.59. The fraction of sp³-hybridized carbons (Fsp3) is 0.375. The first kappa shape index (κ1) is 22.0. The van der Waals surface area contributed by atoms with E-state index >= 15 is 0 Å². The highest BCUT2D eigenvalue weighted by atomic mass is 32.2. The number of rotatable bonds is 6. The molecule has 0 saturated heterocycles. The van der Waals surface area contributed by atoms with Gasteiger partial charge in [0.15, 0.2) is 5.16 Å². The minimum absolute atomic E-state index is 0.000312. The van der Waals surface area contributed by atoms with Crippen LogP contribution in [0.3, 0.4) is 0 Å². The minimum atomic E-state index is -0.391. The van der Waals surface area contributed by atoms with E-state index in [1.807, 2.05) is 66.3 Å². The third kappa shape index (κ3) is 4.83. The first-order chi connectivity index (χ1) is 15.1. The number of carbonyl (C=O) groups excluding carboxylic acids is 1. The number of para-hydroxylation sites is 2. The maximum absolute atomic E-state index is 13.4. The van der Waals surface area contributed by atoms with Crippen molar-refractivity contribution >= 4 is 46.0 Å². The van der Waals surface area contributed by atoms with Crippen LogP contribution in [0.5, 0.6) is 0 Å². The Morgan fingerprint density at radius 3 is 2.58 bits per heavy atom. The van der Waals surface area contributed by atoms with Crippen LogP contribution in [0.15, 0.2) is 63.4 Å². The molecule has 0 radical (unpaired) electrons. The monoisotopic (exact) mass is 453 g/mol. The lowest BCUT2D eigenvalue weighted by Crippen LogP contribution is -2.30. The normalized spacial score (nSPS) is 15.7. The lowest BCUT2D eigenvalue weighted by atomic mass is 9.95. The highest BCUT2D eigenvalue weighted by molar-refractivity contribution is 8.00. The highest BCUT2D eigenvalue weighted by Crippen LogP contribution is 2.33. The van der Waals surface area contributed by atoms with Crippen molar-refractivity contribution in [3.05, 3.63) is 58.9 Å². The first-order valence-electron chi connectivity index (χ1n) is 10.7. The molecule has 0 unspecified atom stereocenters. The van der Waals surface area contributed by atoms with Gasteiger partial charge in [-0.1, -0.05) is 55.3 Å². The molecule has 0 bridgehead atoms. The summed E-state index contributed by atoms with van der Waals surface area (Å²) in [5.74, 6) is -0.0934. The number of anilines is 1. The second-order valence-electron chi connectivity index (χ2n) is 7.83. The van der Waals surface area contributed by atoms with E-state index in [1.165, 1.54) is 18.2 Å². The molecule has 1 heterocycles. The van der Waals surface area contributed by atoms with Gasteiger partial charge >= 0.3 is 0 Å². The molecule has 162 valence electrons. The van der Waals surface area contributed by atoms with E-state index in [9.17, 15) is 9.59 Å². The standard InChI is InChI=1S/C24H27N3O2S2/c1-16(22(28)25-20-14-8-9-15-21(20)30-2)31-24-26-19-13-7-6-12-18(19)23(29)27(24)17-10-4-3-5-11-17/h6-9,12-17H,3-5,10-11H2,1-2H3,(H,25,28)/t16-/m0/s1. The fourth-order valence-electron chi connectivity index (χ4n) is 4.06. The Hall–Kier alpha value is -2.25. The van der Waals surface area contributed by atoms with Crippen LogP contribution in [0.1, 0.15) is 45.1 Å². The Morgan fingerprint density at radius 2 is 1.81 bits per heavy atom. The van der Waals surface area contributed by atoms with Crippen molar-refractivity contribution in [3.8, 4) is 0 Å². The summed E-state index contributed by atoms with van der Waals surface area (Å²) in [5, 5.41) is 3.92. The summed E-state index contributed by atoms with van der Waals surface area (Å²) in [6.07, 6.45) is 7.41. The van der Waals surface area contributed by atoms with Gasteiger partial charge in [-0.2, -0.15) is 0 Å². The summed E-state index contributed by atoms with van der Waals surface area (Å²) in [5.41, 5.74) is 1.49. The lowest BCUT2D eigenvalue weighted by molar-refractivity contribution is -0.115. The van der Waals surface area contributed by atoms with Crippen molar-refractivity contribution in [1.29, 1.82) is 0 Å². The van der Waals surface area contributed by atoms with Crippen LogP contribution >= 0.6 is 23.5 Å². The van der Waals surface area contributed by atoms with Crippen molar-refractivity contribution < 1.29 is 4.79 Å². The molecule has 7 heteroatoms. The number of benzene rings is 2. The van der Waals surface area contributed by atoms with Crippen molar-refractivity contribution in [1.82, 2.24) is 9.55 Å². The average molecular weight is 454 g/mol. The maximum Gasteiger partial charge on any atom is 0.262 e. The van der Waals surface area contributed by atoms with Gasteiger partial charge in [0.05, 0.1) is 21.8 Å². The van der Waals surface area contributed by atoms with Gasteiger partial charge in [-0.25, -0.2) is 4.98 Å². The second-order valence-corrected chi connectivity index (χ2v) is 9.98. The molecular weight excluding hydrogens is 426 g/mol. The zero-order valence-corrected chi connectivity index (χ0v) is 19.5. The molecule has 1 fully saturated rings. The van der Waals surface area contributed by atoms with Crippen LogP contribution in [0.4, 0.5) is 5.69 Å². The van der Waals surface area contributed by atoms with E-state index in [0.717, 1.165) is 36.3 Å². The van der Waals surface area contributed by atoms with Gasteiger partial charge in [-0.05, 0) is 50.3 Å². The molecule has 0 spiro atoms. The van der Waals surface area contributed by atoms with Gasteiger partial charge in [0.1, 0.15) is 0 Å². The Kier molecular flexibility index (Phi) is 7.02. The van der Waals surface area contributed by atoms with Crippen molar-refractivity contribution in [2.24, 2.45) is 0 Å². The quantitative estimate of drug-likeness (QED) is 0.381. The third-order valence-electron chi connectivity index (χ3n) is 5.73. The van der Waals surface area contributed by atoms with E-state index in [-0.39, 0.29) is 17.5 Å². The van der Waals surface area contributed by atoms with Crippen LogP contribution in [0, 0.1) is 0 Å². The Labute approximate surface area is 191 Å². The number of carbonyl (C=O) groups is 1. The molecule has 3 aromatic rings. The van der Waals surface area contributed by atoms with Crippen molar-refractivity contribution in [2.75, 3.05) is 11.6 Å². The minimum Gasteiger partial charge on any atom is -0.324 e. The zero-order valence-electron chi connectivity index (χ0n) is 17.8. The van der Waals surface area contributed by atoms with Gasteiger partial charge in [0.2, 0.25) is 5.91 Å². The molecule has 1 aliphatic carbocycles. The van der Waals surface area contributed by atoms with Gasteiger partial charge in [-0.15, -0.1) is 11.8 Å². The Balaban J connectivity index is 1.65. The number of nitrogens with one attached hydrogen (secondary N) is 1. The summed E-state index contributed by atoms with van der Waals surface area (Å²) < 4.78 is 1.85. The van der Waals surface area contributed by atoms with E-state index in [0.29, 0.717) is 16.1 Å². The topological polar surface area (TPSA) is 64.0 Å². The summed E-state index contributed by atoms with van der Waals surface area (Å²) in [6, 6.07) is 15.4. The SMILES string of the molecule is CSc1ccccc1NC(=O)[C@H](C)Sc1nc2ccccc2c(=O)n1C1CCCCC1. The van der Waals surface area contributed by atoms with Gasteiger partial charge in [0.25, 0.3) is 5.56 Å². The number of nitrogens with zero attached hydrogens (tertiary/aromatic N) is 2. The number of hydrogen-bond donors (Lipinski definition) is 1. The molecule has 1 amide bonds. The van der Waals surface area contributed by atoms with E-state index in [2.05, 4.69) is 5.32 Å². The molecule has 1 aliphatic rings. The smallest absolute Gasteiger partial charge is 0.262 e. The molecule has 1 aromatic heterocycles. The van der Waals surface area contributed by atoms with E-state index in [4.69, 9.17) is 4.98 Å². The van der Waals surface area contributed by atoms with Crippen LogP contribution in [-0.2, 0) is 4.79 Å². The number of hydrogen-bond acceptors (Lipinski definition) is 5. The average Bonchev–Trinajstić information content (AvgIpc) is 2.80. The van der Waals surface area contributed by atoms with Gasteiger partial charge in [0, 0.05) is 10.9 Å². The van der Waals surface area contributed by atoms with Gasteiger partial charge < -0.3 is 5.32 Å². The lowest BCUT2D eigenvalue weighted by Gasteiger charge is -2.26. The van der Waals surface area contributed by atoms with Crippen molar-refractivity contribution in [2.45, 2.75) is 60.4 Å². The van der Waals surface area contributed by atoms with Gasteiger partial charge in [-0.3, -0.25) is 14.2 Å². The predicted octanol–water partition coefficient (Wildman–Crippen LogP) is 5.74. The van der Waals surface area contributed by atoms with E-state index < -0.39 is 5.25 Å². The molecule has 5 nitrogen and oxygen atoms in total. The maximum atomic E-state index is 13.4. The Morgan fingerprint density at radius 1 is 1.10 bits per heavy atom. The largest absolute Gasteiger partial charge is 0.324 e. The molecule has 31 heavy (non-hydrogen) atoms. The van der Waals surface area contributed by atoms with Crippen LogP contribution in [0.25, 0.3) is 10.9 Å². The molecule has 0 aliphatic heterocycles. The molecule has 2 aromatic carbocycles. The van der Waals surface area contributed by atoms with Crippen LogP contribution in [-0.4, -0.2) is 27.0 Å². The molecular formula is C24H27N3O2S2. The Bertz CT molecular complexity index is 1140. The molecule has 4 rings (SSSR count). The molecule has 1 saturated carbocycles. The number of thioether (sulfide) groups is 2. The van der Waals surface area contributed by atoms with Crippen LogP contribution in [0.2, 0.25) is 0 Å². The summed E-state index contributed by atoms with van der Waals surface area (Å²) in [6.45, 7) is 1.87. The number of fused-ring (bicyclic) bond motifs is 1. The second kappa shape index (κ2) is 9.92. The van der Waals surface area contributed by atoms with Crippen LogP contribution < -0.4 is 10.9 Å². The predicted molar refractivity (Wildman–Crippen MR) is 130 cm³/mol. The fourth-order valence-corrected chi connectivity index (χ4v) is 5.60. The zero-order chi connectivity index (χ0) is 21.8. The number of amides is 1. The van der Waals surface area contributed by atoms with E-state index in [1.54, 1.807) is 11.8 Å². The van der Waals surface area contributed by atoms with Crippen molar-refractivity contribution in [3.63, 3.8) is 0 Å². The molecule has 1 N–H and O–H groups in total. The number of aromatic nitrogens is 2. The first-order valence-corrected chi connectivity index (χ1v) is 12.8. The highest BCUT2D eigenvalue weighted by Gasteiger charge is 2.25. The summed E-state index contributed by atoms with van der Waals surface area (Å²) in [4.78, 5) is 32.2. The summed E-state index contributed by atoms with van der Waals surface area (Å²) in [7, 11) is 0. The molecule has 1 atom stereocenters. The summed E-state index contributed by atoms with van der Waals surface area (Å²) >= 11 is 2.97.